The number of benzene rings is 4. The molecule has 174 valence electrons. The van der Waals surface area contributed by atoms with Crippen LogP contribution in [0, 0.1) is 0 Å². The van der Waals surface area contributed by atoms with E-state index < -0.39 is 0 Å². The summed E-state index contributed by atoms with van der Waals surface area (Å²) in [7, 11) is 0. The molecule has 0 radical (unpaired) electrons. The lowest BCUT2D eigenvalue weighted by molar-refractivity contribution is -0.142. The molecule has 0 bridgehead atoms. The molecule has 0 saturated heterocycles. The zero-order valence-corrected chi connectivity index (χ0v) is 19.6. The second-order valence-corrected chi connectivity index (χ2v) is 8.11. The number of carbonyl (C=O) groups is 2. The number of hydrogen-bond donors (Lipinski definition) is 0. The van der Waals surface area contributed by atoms with E-state index in [4.69, 9.17) is 9.47 Å². The summed E-state index contributed by atoms with van der Waals surface area (Å²) in [5, 5.41) is 4.94. The van der Waals surface area contributed by atoms with E-state index in [1.807, 2.05) is 12.1 Å². The van der Waals surface area contributed by atoms with Gasteiger partial charge in [0, 0.05) is 5.69 Å². The van der Waals surface area contributed by atoms with Crippen LogP contribution in [0.1, 0.15) is 25.0 Å². The SMILES string of the molecule is CCOC(=O)CN(CC(=O)OCC)c1ccc(Cc2c3ccccc3cc3ccccc23)cc1. The summed E-state index contributed by atoms with van der Waals surface area (Å²) < 4.78 is 10.2. The Morgan fingerprint density at radius 3 is 1.71 bits per heavy atom. The Hall–Kier alpha value is -3.86. The van der Waals surface area contributed by atoms with Gasteiger partial charge in [-0.25, -0.2) is 0 Å². The lowest BCUT2D eigenvalue weighted by atomic mass is 9.92. The van der Waals surface area contributed by atoms with Crippen molar-refractivity contribution >= 4 is 39.2 Å². The summed E-state index contributed by atoms with van der Waals surface area (Å²) in [6, 6.07) is 27.2. The molecule has 0 N–H and O–H groups in total. The maximum atomic E-state index is 12.1. The average Bonchev–Trinajstić information content (AvgIpc) is 2.84. The van der Waals surface area contributed by atoms with Crippen LogP contribution in [-0.2, 0) is 25.5 Å². The molecule has 4 rings (SSSR count). The van der Waals surface area contributed by atoms with Crippen LogP contribution in [0.4, 0.5) is 5.69 Å². The normalized spacial score (nSPS) is 10.9. The van der Waals surface area contributed by atoms with Gasteiger partial charge in [-0.1, -0.05) is 60.7 Å². The second-order valence-electron chi connectivity index (χ2n) is 8.11. The van der Waals surface area contributed by atoms with E-state index in [1.54, 1.807) is 18.7 Å². The van der Waals surface area contributed by atoms with Gasteiger partial charge in [0.2, 0.25) is 0 Å². The molecular weight excluding hydrogens is 426 g/mol. The van der Waals surface area contributed by atoms with Crippen molar-refractivity contribution in [2.75, 3.05) is 31.2 Å². The van der Waals surface area contributed by atoms with Crippen LogP contribution in [0.5, 0.6) is 0 Å². The van der Waals surface area contributed by atoms with Gasteiger partial charge in [-0.15, -0.1) is 0 Å². The maximum absolute atomic E-state index is 12.1. The first kappa shape index (κ1) is 23.3. The molecule has 0 heterocycles. The minimum Gasteiger partial charge on any atom is -0.465 e. The minimum absolute atomic E-state index is 0.0139. The molecule has 0 aromatic heterocycles. The summed E-state index contributed by atoms with van der Waals surface area (Å²) in [6.07, 6.45) is 0.776. The molecule has 4 aromatic carbocycles. The first-order valence-corrected chi connectivity index (χ1v) is 11.6. The van der Waals surface area contributed by atoms with Crippen LogP contribution in [0.2, 0.25) is 0 Å². The Balaban J connectivity index is 1.63. The first-order valence-electron chi connectivity index (χ1n) is 11.6. The third kappa shape index (κ3) is 5.37. The number of fused-ring (bicyclic) bond motifs is 2. The molecule has 0 unspecified atom stereocenters. The fourth-order valence-electron chi connectivity index (χ4n) is 4.29. The number of rotatable bonds is 9. The average molecular weight is 456 g/mol. The molecule has 0 aliphatic carbocycles. The molecular formula is C29H29NO4. The number of ether oxygens (including phenoxy) is 2. The van der Waals surface area contributed by atoms with Crippen LogP contribution in [0.25, 0.3) is 21.5 Å². The summed E-state index contributed by atoms with van der Waals surface area (Å²) in [6.45, 7) is 4.09. The van der Waals surface area contributed by atoms with Gasteiger partial charge in [0.15, 0.2) is 0 Å². The van der Waals surface area contributed by atoms with Crippen molar-refractivity contribution < 1.29 is 19.1 Å². The molecule has 0 saturated carbocycles. The van der Waals surface area contributed by atoms with Crippen molar-refractivity contribution in [2.45, 2.75) is 20.3 Å². The molecule has 0 aliphatic heterocycles. The zero-order chi connectivity index (χ0) is 23.9. The van der Waals surface area contributed by atoms with E-state index in [9.17, 15) is 9.59 Å². The van der Waals surface area contributed by atoms with Gasteiger partial charge in [0.1, 0.15) is 13.1 Å². The van der Waals surface area contributed by atoms with Gasteiger partial charge >= 0.3 is 11.9 Å². The van der Waals surface area contributed by atoms with Gasteiger partial charge in [0.25, 0.3) is 0 Å². The Kier molecular flexibility index (Phi) is 7.43. The second kappa shape index (κ2) is 10.8. The first-order chi connectivity index (χ1) is 16.6. The number of nitrogens with zero attached hydrogens (tertiary/aromatic N) is 1. The standard InChI is InChI=1S/C29H29NO4/c1-3-33-28(31)19-30(20-29(32)34-4-2)24-15-13-21(14-16-24)17-27-25-11-7-5-9-22(25)18-23-10-6-8-12-26(23)27/h5-16,18H,3-4,17,19-20H2,1-2H3. The summed E-state index contributed by atoms with van der Waals surface area (Å²) in [4.78, 5) is 25.9. The number of esters is 2. The molecule has 0 amide bonds. The van der Waals surface area contributed by atoms with Gasteiger partial charge < -0.3 is 14.4 Å². The lowest BCUT2D eigenvalue weighted by Gasteiger charge is -2.23. The Morgan fingerprint density at radius 1 is 0.706 bits per heavy atom. The third-order valence-electron chi connectivity index (χ3n) is 5.82. The Labute approximate surface area is 199 Å². The third-order valence-corrected chi connectivity index (χ3v) is 5.82. The lowest BCUT2D eigenvalue weighted by Crippen LogP contribution is -2.36. The predicted molar refractivity (Wildman–Crippen MR) is 136 cm³/mol. The predicted octanol–water partition coefficient (Wildman–Crippen LogP) is 5.52. The summed E-state index contributed by atoms with van der Waals surface area (Å²) in [5.41, 5.74) is 3.21. The van der Waals surface area contributed by atoms with Crippen molar-refractivity contribution in [1.82, 2.24) is 0 Å². The van der Waals surface area contributed by atoms with E-state index >= 15 is 0 Å². The van der Waals surface area contributed by atoms with E-state index in [-0.39, 0.29) is 25.0 Å². The van der Waals surface area contributed by atoms with E-state index in [0.29, 0.717) is 13.2 Å². The zero-order valence-electron chi connectivity index (χ0n) is 19.6. The maximum Gasteiger partial charge on any atom is 0.325 e. The van der Waals surface area contributed by atoms with Gasteiger partial charge in [0.05, 0.1) is 13.2 Å². The smallest absolute Gasteiger partial charge is 0.325 e. The highest BCUT2D eigenvalue weighted by atomic mass is 16.5. The van der Waals surface area contributed by atoms with Crippen LogP contribution < -0.4 is 4.90 Å². The van der Waals surface area contributed by atoms with Crippen LogP contribution >= 0.6 is 0 Å². The van der Waals surface area contributed by atoms with E-state index in [0.717, 1.165) is 17.7 Å². The van der Waals surface area contributed by atoms with Crippen LogP contribution in [0.15, 0.2) is 78.9 Å². The fraction of sp³-hybridized carbons (Fsp3) is 0.241. The minimum atomic E-state index is -0.377. The van der Waals surface area contributed by atoms with Crippen LogP contribution in [0.3, 0.4) is 0 Å². The largest absolute Gasteiger partial charge is 0.465 e. The molecule has 5 nitrogen and oxygen atoms in total. The van der Waals surface area contributed by atoms with Crippen molar-refractivity contribution in [3.05, 3.63) is 90.0 Å². The quantitative estimate of drug-likeness (QED) is 0.246. The monoisotopic (exact) mass is 455 g/mol. The molecule has 5 heteroatoms. The highest BCUT2D eigenvalue weighted by Crippen LogP contribution is 2.30. The Bertz CT molecular complexity index is 1220. The number of carbonyl (C=O) groups excluding carboxylic acids is 2. The van der Waals surface area contributed by atoms with Crippen molar-refractivity contribution in [1.29, 1.82) is 0 Å². The fourth-order valence-corrected chi connectivity index (χ4v) is 4.29. The molecule has 0 atom stereocenters. The summed E-state index contributed by atoms with van der Waals surface area (Å²) >= 11 is 0. The van der Waals surface area contributed by atoms with Crippen LogP contribution in [-0.4, -0.2) is 38.2 Å². The van der Waals surface area contributed by atoms with Gasteiger partial charge in [-0.3, -0.25) is 9.59 Å². The van der Waals surface area contributed by atoms with E-state index in [2.05, 4.69) is 66.7 Å². The van der Waals surface area contributed by atoms with E-state index in [1.165, 1.54) is 27.1 Å². The molecule has 0 fully saturated rings. The number of anilines is 1. The van der Waals surface area contributed by atoms with Crippen molar-refractivity contribution in [3.8, 4) is 0 Å². The molecule has 4 aromatic rings. The van der Waals surface area contributed by atoms with Crippen molar-refractivity contribution in [3.63, 3.8) is 0 Å². The highest BCUT2D eigenvalue weighted by molar-refractivity contribution is 6.02. The highest BCUT2D eigenvalue weighted by Gasteiger charge is 2.17. The molecule has 34 heavy (non-hydrogen) atoms. The molecule has 0 spiro atoms. The topological polar surface area (TPSA) is 55.8 Å². The van der Waals surface area contributed by atoms with Crippen molar-refractivity contribution in [2.24, 2.45) is 0 Å². The molecule has 0 aliphatic rings. The number of hydrogen-bond acceptors (Lipinski definition) is 5. The van der Waals surface area contributed by atoms with Gasteiger partial charge in [-0.2, -0.15) is 0 Å². The van der Waals surface area contributed by atoms with Gasteiger partial charge in [-0.05, 0) is 71.1 Å². The Morgan fingerprint density at radius 2 is 1.21 bits per heavy atom. The summed E-state index contributed by atoms with van der Waals surface area (Å²) in [5.74, 6) is -0.754.